The molecule has 5 heteroatoms. The van der Waals surface area contributed by atoms with Gasteiger partial charge in [0.05, 0.1) is 6.61 Å². The van der Waals surface area contributed by atoms with Crippen LogP contribution in [0.1, 0.15) is 39.0 Å². The summed E-state index contributed by atoms with van der Waals surface area (Å²) >= 11 is 0. The summed E-state index contributed by atoms with van der Waals surface area (Å²) in [5, 5.41) is 1.03. The molecule has 1 saturated heterocycles. The van der Waals surface area contributed by atoms with Crippen LogP contribution in [-0.4, -0.2) is 53.7 Å². The Labute approximate surface area is 142 Å². The molecule has 0 saturated carbocycles. The lowest BCUT2D eigenvalue weighted by Gasteiger charge is -2.37. The third kappa shape index (κ3) is 4.87. The van der Waals surface area contributed by atoms with Crippen molar-refractivity contribution >= 4 is 14.0 Å². The van der Waals surface area contributed by atoms with Gasteiger partial charge in [0.15, 0.2) is 0 Å². The summed E-state index contributed by atoms with van der Waals surface area (Å²) < 4.78 is 17.8. The molecular formula is C18H31NO3Si. The standard InChI is InChI=1S/C18H31NO3Si/c1-4-5-14-19-15-10-9-11-17(19)16-22-23(20-2,21-3)18-12-7-6-8-13-18/h6-8,12-13,17H,4-5,9-11,14-16H2,1-3H3. The van der Waals surface area contributed by atoms with E-state index in [9.17, 15) is 0 Å². The molecule has 0 radical (unpaired) electrons. The lowest BCUT2D eigenvalue weighted by atomic mass is 10.0. The number of hydrogen-bond donors (Lipinski definition) is 0. The molecule has 1 fully saturated rings. The van der Waals surface area contributed by atoms with E-state index in [0.29, 0.717) is 12.6 Å². The highest BCUT2D eigenvalue weighted by molar-refractivity contribution is 6.75. The molecular weight excluding hydrogens is 306 g/mol. The van der Waals surface area contributed by atoms with Crippen molar-refractivity contribution in [1.82, 2.24) is 4.90 Å². The SMILES string of the molecule is CCCCN1CCCCC1CO[Si](OC)(OC)c1ccccc1. The Morgan fingerprint density at radius 2 is 1.87 bits per heavy atom. The zero-order valence-corrected chi connectivity index (χ0v) is 15.8. The van der Waals surface area contributed by atoms with Crippen LogP contribution in [0.2, 0.25) is 0 Å². The monoisotopic (exact) mass is 337 g/mol. The molecule has 1 aromatic carbocycles. The van der Waals surface area contributed by atoms with Gasteiger partial charge in [0, 0.05) is 25.4 Å². The van der Waals surface area contributed by atoms with Gasteiger partial charge in [-0.3, -0.25) is 4.90 Å². The third-order valence-electron chi connectivity index (χ3n) is 4.68. The molecule has 0 aromatic heterocycles. The number of rotatable bonds is 9. The number of hydrogen-bond acceptors (Lipinski definition) is 4. The molecule has 130 valence electrons. The van der Waals surface area contributed by atoms with E-state index in [-0.39, 0.29) is 0 Å². The zero-order chi connectivity index (χ0) is 16.5. The lowest BCUT2D eigenvalue weighted by molar-refractivity contribution is 0.0516. The van der Waals surface area contributed by atoms with Crippen LogP contribution < -0.4 is 5.19 Å². The Balaban J connectivity index is 2.02. The number of piperidine rings is 1. The second-order valence-electron chi connectivity index (χ2n) is 6.18. The quantitative estimate of drug-likeness (QED) is 0.648. The highest BCUT2D eigenvalue weighted by Gasteiger charge is 2.42. The average Bonchev–Trinajstić information content (AvgIpc) is 2.63. The van der Waals surface area contributed by atoms with Crippen molar-refractivity contribution in [3.8, 4) is 0 Å². The topological polar surface area (TPSA) is 30.9 Å². The highest BCUT2D eigenvalue weighted by Crippen LogP contribution is 2.20. The largest absolute Gasteiger partial charge is 0.536 e. The lowest BCUT2D eigenvalue weighted by Crippen LogP contribution is -2.57. The van der Waals surface area contributed by atoms with Gasteiger partial charge in [-0.15, -0.1) is 0 Å². The van der Waals surface area contributed by atoms with E-state index < -0.39 is 8.80 Å². The van der Waals surface area contributed by atoms with Crippen molar-refractivity contribution < 1.29 is 13.3 Å². The second kappa shape index (κ2) is 9.54. The third-order valence-corrected chi connectivity index (χ3v) is 7.34. The maximum Gasteiger partial charge on any atom is 0.536 e. The van der Waals surface area contributed by atoms with Crippen molar-refractivity contribution in [2.75, 3.05) is 33.9 Å². The number of benzene rings is 1. The first kappa shape index (κ1) is 18.6. The van der Waals surface area contributed by atoms with Crippen LogP contribution in [0.4, 0.5) is 0 Å². The maximum absolute atomic E-state index is 6.32. The summed E-state index contributed by atoms with van der Waals surface area (Å²) in [6.45, 7) is 5.30. The summed E-state index contributed by atoms with van der Waals surface area (Å²) in [5.74, 6) is 0. The minimum atomic E-state index is -2.79. The first-order chi connectivity index (χ1) is 11.3. The Bertz CT molecular complexity index is 439. The minimum absolute atomic E-state index is 0.483. The first-order valence-corrected chi connectivity index (χ1v) is 10.5. The van der Waals surface area contributed by atoms with Crippen LogP contribution in [0.25, 0.3) is 0 Å². The Hall–Kier alpha value is -0.723. The molecule has 1 aromatic rings. The molecule has 1 atom stereocenters. The molecule has 0 N–H and O–H groups in total. The Morgan fingerprint density at radius 1 is 1.13 bits per heavy atom. The van der Waals surface area contributed by atoms with Gasteiger partial charge >= 0.3 is 8.80 Å². The van der Waals surface area contributed by atoms with E-state index in [1.165, 1.54) is 45.2 Å². The van der Waals surface area contributed by atoms with Crippen molar-refractivity contribution in [3.63, 3.8) is 0 Å². The van der Waals surface area contributed by atoms with E-state index in [0.717, 1.165) is 5.19 Å². The normalized spacial score (nSPS) is 19.9. The van der Waals surface area contributed by atoms with Crippen LogP contribution in [0, 0.1) is 0 Å². The summed E-state index contributed by atoms with van der Waals surface area (Å²) in [6.07, 6.45) is 6.29. The predicted octanol–water partition coefficient (Wildman–Crippen LogP) is 2.80. The fraction of sp³-hybridized carbons (Fsp3) is 0.667. The van der Waals surface area contributed by atoms with E-state index >= 15 is 0 Å². The van der Waals surface area contributed by atoms with Crippen molar-refractivity contribution in [2.45, 2.75) is 45.1 Å². The van der Waals surface area contributed by atoms with E-state index in [4.69, 9.17) is 13.3 Å². The van der Waals surface area contributed by atoms with E-state index in [2.05, 4.69) is 11.8 Å². The summed E-state index contributed by atoms with van der Waals surface area (Å²) in [7, 11) is 0.595. The van der Waals surface area contributed by atoms with E-state index in [1.54, 1.807) is 14.2 Å². The van der Waals surface area contributed by atoms with Crippen molar-refractivity contribution in [2.24, 2.45) is 0 Å². The molecule has 0 spiro atoms. The van der Waals surface area contributed by atoms with Crippen LogP contribution >= 0.6 is 0 Å². The predicted molar refractivity (Wildman–Crippen MR) is 95.9 cm³/mol. The summed E-state index contributed by atoms with van der Waals surface area (Å²) in [5.41, 5.74) is 0. The van der Waals surface area contributed by atoms with Crippen molar-refractivity contribution in [1.29, 1.82) is 0 Å². The molecule has 23 heavy (non-hydrogen) atoms. The van der Waals surface area contributed by atoms with Crippen LogP contribution in [0.5, 0.6) is 0 Å². The molecule has 0 bridgehead atoms. The molecule has 1 aliphatic rings. The molecule has 1 heterocycles. The highest BCUT2D eigenvalue weighted by atomic mass is 28.4. The van der Waals surface area contributed by atoms with Gasteiger partial charge in [0.25, 0.3) is 0 Å². The average molecular weight is 338 g/mol. The van der Waals surface area contributed by atoms with Crippen LogP contribution in [0.15, 0.2) is 30.3 Å². The molecule has 2 rings (SSSR count). The molecule has 1 unspecified atom stereocenters. The van der Waals surface area contributed by atoms with Crippen molar-refractivity contribution in [3.05, 3.63) is 30.3 Å². The fourth-order valence-corrected chi connectivity index (χ4v) is 5.33. The molecule has 0 amide bonds. The molecule has 0 aliphatic carbocycles. The maximum atomic E-state index is 6.32. The van der Waals surface area contributed by atoms with Crippen LogP contribution in [0.3, 0.4) is 0 Å². The van der Waals surface area contributed by atoms with E-state index in [1.807, 2.05) is 30.3 Å². The Morgan fingerprint density at radius 3 is 2.52 bits per heavy atom. The first-order valence-electron chi connectivity index (χ1n) is 8.79. The molecule has 4 nitrogen and oxygen atoms in total. The van der Waals surface area contributed by atoms with Gasteiger partial charge in [-0.2, -0.15) is 0 Å². The van der Waals surface area contributed by atoms with Gasteiger partial charge < -0.3 is 13.3 Å². The smallest absolute Gasteiger partial charge is 0.373 e. The number of nitrogens with zero attached hydrogens (tertiary/aromatic N) is 1. The van der Waals surface area contributed by atoms with Gasteiger partial charge in [0.1, 0.15) is 0 Å². The summed E-state index contributed by atoms with van der Waals surface area (Å²) in [6, 6.07) is 10.6. The summed E-state index contributed by atoms with van der Waals surface area (Å²) in [4.78, 5) is 2.59. The second-order valence-corrected chi connectivity index (χ2v) is 8.98. The number of unbranched alkanes of at least 4 members (excludes halogenated alkanes) is 1. The number of likely N-dealkylation sites (tertiary alicyclic amines) is 1. The fourth-order valence-electron chi connectivity index (χ4n) is 3.27. The molecule has 1 aliphatic heterocycles. The van der Waals surface area contributed by atoms with Gasteiger partial charge in [-0.05, 0) is 32.4 Å². The van der Waals surface area contributed by atoms with Crippen LogP contribution in [-0.2, 0) is 13.3 Å². The van der Waals surface area contributed by atoms with Gasteiger partial charge in [-0.25, -0.2) is 0 Å². The van der Waals surface area contributed by atoms with Gasteiger partial charge in [-0.1, -0.05) is 50.1 Å². The van der Waals surface area contributed by atoms with Gasteiger partial charge in [0.2, 0.25) is 0 Å². The zero-order valence-electron chi connectivity index (χ0n) is 14.8. The Kier molecular flexibility index (Phi) is 7.72. The minimum Gasteiger partial charge on any atom is -0.373 e.